The molecule has 0 fully saturated rings. The van der Waals surface area contributed by atoms with Gasteiger partial charge in [0.1, 0.15) is 29.6 Å². The van der Waals surface area contributed by atoms with Gasteiger partial charge in [-0.2, -0.15) is 5.10 Å². The number of hydrazone groups is 1. The van der Waals surface area contributed by atoms with E-state index < -0.39 is 5.91 Å². The summed E-state index contributed by atoms with van der Waals surface area (Å²) in [5, 5.41) is 23.7. The van der Waals surface area contributed by atoms with E-state index >= 15 is 0 Å². The molecule has 7 nitrogen and oxygen atoms in total. The van der Waals surface area contributed by atoms with Crippen molar-refractivity contribution in [3.8, 4) is 23.0 Å². The number of ether oxygens (including phenoxy) is 2. The van der Waals surface area contributed by atoms with E-state index in [1.807, 2.05) is 32.0 Å². The topological polar surface area (TPSA) is 100 Å². The van der Waals surface area contributed by atoms with Crippen molar-refractivity contribution in [2.75, 3.05) is 7.11 Å². The van der Waals surface area contributed by atoms with Crippen LogP contribution in [0.25, 0.3) is 0 Å². The second-order valence-electron chi connectivity index (χ2n) is 7.13. The SMILES string of the molecule is COc1ccc(/C=N/NC(=O)c2ccc(O)cc2O)cc1COc1cc(C)c(Cl)c(C)c1. The van der Waals surface area contributed by atoms with Crippen LogP contribution in [0.2, 0.25) is 5.02 Å². The summed E-state index contributed by atoms with van der Waals surface area (Å²) in [6, 6.07) is 12.8. The molecule has 0 aliphatic rings. The van der Waals surface area contributed by atoms with Gasteiger partial charge in [0.25, 0.3) is 5.91 Å². The Balaban J connectivity index is 1.70. The van der Waals surface area contributed by atoms with Crippen molar-refractivity contribution in [3.63, 3.8) is 0 Å². The van der Waals surface area contributed by atoms with Crippen LogP contribution in [0, 0.1) is 13.8 Å². The first-order valence-corrected chi connectivity index (χ1v) is 10.1. The molecule has 0 saturated heterocycles. The summed E-state index contributed by atoms with van der Waals surface area (Å²) < 4.78 is 11.3. The molecule has 0 aliphatic heterocycles. The van der Waals surface area contributed by atoms with Crippen LogP contribution >= 0.6 is 11.6 Å². The highest BCUT2D eigenvalue weighted by Gasteiger charge is 2.11. The number of carbonyl (C=O) groups excluding carboxylic acids is 1. The van der Waals surface area contributed by atoms with Gasteiger partial charge >= 0.3 is 0 Å². The fourth-order valence-corrected chi connectivity index (χ4v) is 3.19. The van der Waals surface area contributed by atoms with Gasteiger partial charge in [-0.05, 0) is 73.0 Å². The molecule has 0 saturated carbocycles. The molecule has 0 atom stereocenters. The number of carbonyl (C=O) groups is 1. The molecule has 3 N–H and O–H groups in total. The highest BCUT2D eigenvalue weighted by Crippen LogP contribution is 2.28. The number of aromatic hydroxyl groups is 2. The Bertz CT molecular complexity index is 1150. The van der Waals surface area contributed by atoms with Crippen LogP contribution in [-0.2, 0) is 6.61 Å². The molecule has 1 amide bonds. The van der Waals surface area contributed by atoms with E-state index in [4.69, 9.17) is 21.1 Å². The molecule has 8 heteroatoms. The van der Waals surface area contributed by atoms with Gasteiger partial charge in [-0.3, -0.25) is 4.79 Å². The Labute approximate surface area is 190 Å². The molecule has 0 heterocycles. The minimum absolute atomic E-state index is 0.00248. The van der Waals surface area contributed by atoms with Gasteiger partial charge in [-0.25, -0.2) is 5.43 Å². The highest BCUT2D eigenvalue weighted by atomic mass is 35.5. The lowest BCUT2D eigenvalue weighted by atomic mass is 10.1. The van der Waals surface area contributed by atoms with Crippen molar-refractivity contribution in [2.24, 2.45) is 5.10 Å². The third-order valence-corrected chi connectivity index (χ3v) is 5.31. The number of phenolic OH excluding ortho intramolecular Hbond substituents is 2. The first-order valence-electron chi connectivity index (χ1n) is 9.70. The fourth-order valence-electron chi connectivity index (χ4n) is 3.08. The maximum atomic E-state index is 12.2. The molecule has 0 bridgehead atoms. The Hall–Kier alpha value is -3.71. The monoisotopic (exact) mass is 454 g/mol. The third-order valence-electron chi connectivity index (χ3n) is 4.71. The Morgan fingerprint density at radius 2 is 1.81 bits per heavy atom. The summed E-state index contributed by atoms with van der Waals surface area (Å²) in [6.45, 7) is 4.11. The Kier molecular flexibility index (Phi) is 7.22. The zero-order chi connectivity index (χ0) is 23.3. The van der Waals surface area contributed by atoms with E-state index in [0.717, 1.165) is 27.8 Å². The van der Waals surface area contributed by atoms with Crippen LogP contribution in [0.5, 0.6) is 23.0 Å². The third kappa shape index (κ3) is 5.50. The van der Waals surface area contributed by atoms with Crippen LogP contribution in [0.1, 0.15) is 32.6 Å². The van der Waals surface area contributed by atoms with E-state index in [2.05, 4.69) is 10.5 Å². The zero-order valence-corrected chi connectivity index (χ0v) is 18.6. The van der Waals surface area contributed by atoms with Gasteiger partial charge in [0.2, 0.25) is 0 Å². The van der Waals surface area contributed by atoms with Crippen molar-refractivity contribution in [1.29, 1.82) is 0 Å². The number of halogens is 1. The number of hydrogen-bond donors (Lipinski definition) is 3. The second kappa shape index (κ2) is 10.1. The average Bonchev–Trinajstić information content (AvgIpc) is 2.76. The molecule has 3 rings (SSSR count). The van der Waals surface area contributed by atoms with Crippen molar-refractivity contribution < 1.29 is 24.5 Å². The largest absolute Gasteiger partial charge is 0.508 e. The summed E-state index contributed by atoms with van der Waals surface area (Å²) in [6.07, 6.45) is 1.47. The van der Waals surface area contributed by atoms with E-state index in [0.29, 0.717) is 17.1 Å². The quantitative estimate of drug-likeness (QED) is 0.354. The number of amides is 1. The van der Waals surface area contributed by atoms with Crippen LogP contribution in [-0.4, -0.2) is 29.4 Å². The Morgan fingerprint density at radius 3 is 2.47 bits per heavy atom. The van der Waals surface area contributed by atoms with Gasteiger partial charge in [0, 0.05) is 16.7 Å². The molecule has 166 valence electrons. The van der Waals surface area contributed by atoms with Crippen LogP contribution < -0.4 is 14.9 Å². The minimum atomic E-state index is -0.607. The fraction of sp³-hybridized carbons (Fsp3) is 0.167. The number of methoxy groups -OCH3 is 1. The molecule has 3 aromatic carbocycles. The van der Waals surface area contributed by atoms with Gasteiger partial charge in [0.15, 0.2) is 0 Å². The summed E-state index contributed by atoms with van der Waals surface area (Å²) in [7, 11) is 1.58. The number of hydrogen-bond acceptors (Lipinski definition) is 6. The molecule has 0 unspecified atom stereocenters. The van der Waals surface area contributed by atoms with Crippen molar-refractivity contribution >= 4 is 23.7 Å². The van der Waals surface area contributed by atoms with Gasteiger partial charge in [-0.15, -0.1) is 0 Å². The number of nitrogens with zero attached hydrogens (tertiary/aromatic N) is 1. The molecular weight excluding hydrogens is 432 g/mol. The normalized spacial score (nSPS) is 10.9. The van der Waals surface area contributed by atoms with E-state index in [-0.39, 0.29) is 23.7 Å². The van der Waals surface area contributed by atoms with Crippen molar-refractivity contribution in [3.05, 3.63) is 81.4 Å². The maximum absolute atomic E-state index is 12.2. The minimum Gasteiger partial charge on any atom is -0.508 e. The summed E-state index contributed by atoms with van der Waals surface area (Å²) in [5.41, 5.74) is 5.72. The van der Waals surface area contributed by atoms with E-state index in [1.165, 1.54) is 18.3 Å². The second-order valence-corrected chi connectivity index (χ2v) is 7.51. The molecule has 0 radical (unpaired) electrons. The van der Waals surface area contributed by atoms with E-state index in [1.54, 1.807) is 19.2 Å². The number of phenols is 2. The number of benzene rings is 3. The van der Waals surface area contributed by atoms with E-state index in [9.17, 15) is 15.0 Å². The maximum Gasteiger partial charge on any atom is 0.275 e. The average molecular weight is 455 g/mol. The number of nitrogens with one attached hydrogen (secondary N) is 1. The van der Waals surface area contributed by atoms with Crippen molar-refractivity contribution in [2.45, 2.75) is 20.5 Å². The van der Waals surface area contributed by atoms with Gasteiger partial charge in [0.05, 0.1) is 18.9 Å². The Morgan fingerprint density at radius 1 is 1.09 bits per heavy atom. The predicted molar refractivity (Wildman–Crippen MR) is 123 cm³/mol. The molecule has 0 spiro atoms. The van der Waals surface area contributed by atoms with Gasteiger partial charge < -0.3 is 19.7 Å². The standard InChI is InChI=1S/C24H23ClN2O5/c1-14-8-19(9-15(2)23(14)25)32-13-17-10-16(4-7-22(17)31-3)12-26-27-24(30)20-6-5-18(28)11-21(20)29/h4-12,28-29H,13H2,1-3H3,(H,27,30)/b26-12+. The number of aryl methyl sites for hydroxylation is 2. The highest BCUT2D eigenvalue weighted by molar-refractivity contribution is 6.32. The lowest BCUT2D eigenvalue weighted by Gasteiger charge is -2.13. The molecule has 32 heavy (non-hydrogen) atoms. The summed E-state index contributed by atoms with van der Waals surface area (Å²) in [4.78, 5) is 12.2. The van der Waals surface area contributed by atoms with Crippen molar-refractivity contribution in [1.82, 2.24) is 5.43 Å². The van der Waals surface area contributed by atoms with Crippen LogP contribution in [0.3, 0.4) is 0 Å². The van der Waals surface area contributed by atoms with Crippen LogP contribution in [0.15, 0.2) is 53.6 Å². The van der Waals surface area contributed by atoms with Crippen LogP contribution in [0.4, 0.5) is 0 Å². The summed E-state index contributed by atoms with van der Waals surface area (Å²) >= 11 is 6.22. The predicted octanol–water partition coefficient (Wildman–Crippen LogP) is 4.72. The lowest BCUT2D eigenvalue weighted by molar-refractivity contribution is 0.0952. The first-order chi connectivity index (χ1) is 15.3. The summed E-state index contributed by atoms with van der Waals surface area (Å²) in [5.74, 6) is 0.270. The first kappa shape index (κ1) is 23.0. The van der Waals surface area contributed by atoms with Gasteiger partial charge in [-0.1, -0.05) is 11.6 Å². The molecular formula is C24H23ClN2O5. The smallest absolute Gasteiger partial charge is 0.275 e. The molecule has 3 aromatic rings. The number of rotatable bonds is 7. The zero-order valence-electron chi connectivity index (χ0n) is 17.8. The molecule has 0 aliphatic carbocycles. The molecule has 0 aromatic heterocycles. The lowest BCUT2D eigenvalue weighted by Crippen LogP contribution is -2.17.